The summed E-state index contributed by atoms with van der Waals surface area (Å²) in [5.41, 5.74) is 1.63. The van der Waals surface area contributed by atoms with Crippen LogP contribution in [0.25, 0.3) is 11.4 Å². The Morgan fingerprint density at radius 3 is 2.17 bits per heavy atom. The Bertz CT molecular complexity index is 968. The van der Waals surface area contributed by atoms with Gasteiger partial charge in [0.15, 0.2) is 16.8 Å². The lowest BCUT2D eigenvalue weighted by atomic mass is 10.1. The number of hydrogen-bond acceptors (Lipinski definition) is 6. The zero-order chi connectivity index (χ0) is 21.5. The molecule has 7 heteroatoms. The van der Waals surface area contributed by atoms with E-state index in [1.807, 2.05) is 31.2 Å². The monoisotopic (exact) mass is 425 g/mol. The van der Waals surface area contributed by atoms with Gasteiger partial charge < -0.3 is 14.0 Å². The number of ketones is 1. The maximum atomic E-state index is 12.9. The molecule has 0 bridgehead atoms. The molecule has 3 aromatic rings. The number of thioether (sulfide) groups is 1. The standard InChI is InChI=1S/C23H27N3O3S/c1-5-6-15-26-22(18-9-13-20(29-4)14-10-18)24-25-23(26)30-16(2)21(27)17-7-11-19(28-3)12-8-17/h7-14,16H,5-6,15H2,1-4H3/t16-/m0/s1. The van der Waals surface area contributed by atoms with Gasteiger partial charge in [-0.15, -0.1) is 10.2 Å². The smallest absolute Gasteiger partial charge is 0.192 e. The highest BCUT2D eigenvalue weighted by Gasteiger charge is 2.22. The molecule has 0 saturated heterocycles. The molecule has 0 amide bonds. The van der Waals surface area contributed by atoms with Crippen molar-refractivity contribution in [1.29, 1.82) is 0 Å². The summed E-state index contributed by atoms with van der Waals surface area (Å²) in [4.78, 5) is 12.9. The van der Waals surface area contributed by atoms with Crippen molar-refractivity contribution in [2.24, 2.45) is 0 Å². The largest absolute Gasteiger partial charge is 0.497 e. The molecule has 0 radical (unpaired) electrons. The van der Waals surface area contributed by atoms with Crippen molar-refractivity contribution in [2.45, 2.75) is 43.6 Å². The first-order valence-electron chi connectivity index (χ1n) is 10.00. The van der Waals surface area contributed by atoms with E-state index >= 15 is 0 Å². The summed E-state index contributed by atoms with van der Waals surface area (Å²) in [7, 11) is 3.26. The topological polar surface area (TPSA) is 66.2 Å². The molecule has 2 aromatic carbocycles. The normalized spacial score (nSPS) is 11.9. The average molecular weight is 426 g/mol. The first kappa shape index (κ1) is 21.9. The van der Waals surface area contributed by atoms with Gasteiger partial charge in [-0.1, -0.05) is 25.1 Å². The number of hydrogen-bond donors (Lipinski definition) is 0. The molecule has 1 aromatic heterocycles. The van der Waals surface area contributed by atoms with Gasteiger partial charge in [-0.05, 0) is 61.9 Å². The van der Waals surface area contributed by atoms with Crippen molar-refractivity contribution in [1.82, 2.24) is 14.8 Å². The lowest BCUT2D eigenvalue weighted by Gasteiger charge is -2.13. The van der Waals surface area contributed by atoms with Gasteiger partial charge in [0.25, 0.3) is 0 Å². The van der Waals surface area contributed by atoms with Crippen LogP contribution in [0.5, 0.6) is 11.5 Å². The number of Topliss-reactive ketones (excluding diaryl/α,β-unsaturated/α-hetero) is 1. The van der Waals surface area contributed by atoms with Crippen LogP contribution in [0.3, 0.4) is 0 Å². The molecule has 0 aliphatic rings. The second kappa shape index (κ2) is 10.3. The number of carbonyl (C=O) groups is 1. The summed E-state index contributed by atoms with van der Waals surface area (Å²) in [6, 6.07) is 15.0. The van der Waals surface area contributed by atoms with Crippen LogP contribution in [0.4, 0.5) is 0 Å². The van der Waals surface area contributed by atoms with Crippen molar-refractivity contribution in [2.75, 3.05) is 14.2 Å². The van der Waals surface area contributed by atoms with E-state index < -0.39 is 0 Å². The van der Waals surface area contributed by atoms with Gasteiger partial charge in [-0.2, -0.15) is 0 Å². The van der Waals surface area contributed by atoms with Crippen molar-refractivity contribution in [3.05, 3.63) is 54.1 Å². The summed E-state index contributed by atoms with van der Waals surface area (Å²) < 4.78 is 12.5. The van der Waals surface area contributed by atoms with Gasteiger partial charge in [0.1, 0.15) is 11.5 Å². The zero-order valence-electron chi connectivity index (χ0n) is 17.8. The maximum absolute atomic E-state index is 12.9. The van der Waals surface area contributed by atoms with Gasteiger partial charge in [-0.3, -0.25) is 4.79 Å². The summed E-state index contributed by atoms with van der Waals surface area (Å²) >= 11 is 1.44. The zero-order valence-corrected chi connectivity index (χ0v) is 18.6. The Labute approximate surface area is 181 Å². The number of nitrogens with zero attached hydrogens (tertiary/aromatic N) is 3. The average Bonchev–Trinajstić information content (AvgIpc) is 3.19. The molecule has 0 aliphatic heterocycles. The molecular formula is C23H27N3O3S. The molecule has 158 valence electrons. The van der Waals surface area contributed by atoms with Crippen LogP contribution in [0.1, 0.15) is 37.0 Å². The molecule has 0 unspecified atom stereocenters. The van der Waals surface area contributed by atoms with Crippen LogP contribution in [0, 0.1) is 0 Å². The van der Waals surface area contributed by atoms with Crippen molar-refractivity contribution in [3.63, 3.8) is 0 Å². The Kier molecular flexibility index (Phi) is 7.52. The van der Waals surface area contributed by atoms with E-state index in [2.05, 4.69) is 21.7 Å². The number of ether oxygens (including phenoxy) is 2. The fourth-order valence-corrected chi connectivity index (χ4v) is 4.00. The third-order valence-corrected chi connectivity index (χ3v) is 5.91. The minimum atomic E-state index is -0.285. The van der Waals surface area contributed by atoms with Crippen LogP contribution in [-0.2, 0) is 6.54 Å². The van der Waals surface area contributed by atoms with E-state index in [4.69, 9.17) is 9.47 Å². The van der Waals surface area contributed by atoms with Crippen LogP contribution in [-0.4, -0.2) is 40.0 Å². The van der Waals surface area contributed by atoms with Gasteiger partial charge in [-0.25, -0.2) is 0 Å². The van der Waals surface area contributed by atoms with Crippen molar-refractivity contribution >= 4 is 17.5 Å². The van der Waals surface area contributed by atoms with Gasteiger partial charge in [0.05, 0.1) is 19.5 Å². The van der Waals surface area contributed by atoms with E-state index in [9.17, 15) is 4.79 Å². The minimum Gasteiger partial charge on any atom is -0.497 e. The number of methoxy groups -OCH3 is 2. The summed E-state index contributed by atoms with van der Waals surface area (Å²) in [6.45, 7) is 4.86. The Morgan fingerprint density at radius 2 is 1.60 bits per heavy atom. The summed E-state index contributed by atoms with van der Waals surface area (Å²) in [6.07, 6.45) is 2.07. The lowest BCUT2D eigenvalue weighted by Crippen LogP contribution is -2.15. The third kappa shape index (κ3) is 5.02. The maximum Gasteiger partial charge on any atom is 0.192 e. The highest BCUT2D eigenvalue weighted by atomic mass is 32.2. The number of aromatic nitrogens is 3. The number of unbranched alkanes of at least 4 members (excludes halogenated alkanes) is 1. The molecule has 0 aliphatic carbocycles. The molecule has 1 heterocycles. The molecule has 0 saturated carbocycles. The summed E-state index contributed by atoms with van der Waals surface area (Å²) in [5, 5.41) is 9.30. The predicted octanol–water partition coefficient (Wildman–Crippen LogP) is 5.13. The van der Waals surface area contributed by atoms with E-state index in [0.717, 1.165) is 47.4 Å². The van der Waals surface area contributed by atoms with Crippen molar-refractivity contribution in [3.8, 4) is 22.9 Å². The van der Waals surface area contributed by atoms with Crippen molar-refractivity contribution < 1.29 is 14.3 Å². The fraction of sp³-hybridized carbons (Fsp3) is 0.348. The number of rotatable bonds is 10. The Hall–Kier alpha value is -2.80. The van der Waals surface area contributed by atoms with E-state index in [1.54, 1.807) is 38.5 Å². The first-order chi connectivity index (χ1) is 14.6. The van der Waals surface area contributed by atoms with E-state index in [-0.39, 0.29) is 11.0 Å². The van der Waals surface area contributed by atoms with Gasteiger partial charge in [0.2, 0.25) is 0 Å². The second-order valence-electron chi connectivity index (χ2n) is 6.89. The number of benzene rings is 2. The molecule has 1 atom stereocenters. The van der Waals surface area contributed by atoms with Crippen LogP contribution >= 0.6 is 11.8 Å². The lowest BCUT2D eigenvalue weighted by molar-refractivity contribution is 0.0994. The molecule has 0 spiro atoms. The SMILES string of the molecule is CCCCn1c(S[C@@H](C)C(=O)c2ccc(OC)cc2)nnc1-c1ccc(OC)cc1. The second-order valence-corrected chi connectivity index (χ2v) is 8.20. The van der Waals surface area contributed by atoms with E-state index in [1.165, 1.54) is 11.8 Å². The molecular weight excluding hydrogens is 398 g/mol. The number of carbonyl (C=O) groups excluding carboxylic acids is 1. The highest BCUT2D eigenvalue weighted by Crippen LogP contribution is 2.30. The molecule has 3 rings (SSSR count). The fourth-order valence-electron chi connectivity index (χ4n) is 3.05. The molecule has 6 nitrogen and oxygen atoms in total. The Morgan fingerprint density at radius 1 is 1.00 bits per heavy atom. The minimum absolute atomic E-state index is 0.0543. The van der Waals surface area contributed by atoms with Crippen LogP contribution < -0.4 is 9.47 Å². The summed E-state index contributed by atoms with van der Waals surface area (Å²) in [5.74, 6) is 2.39. The third-order valence-electron chi connectivity index (χ3n) is 4.83. The highest BCUT2D eigenvalue weighted by molar-refractivity contribution is 8.00. The first-order valence-corrected chi connectivity index (χ1v) is 10.9. The quantitative estimate of drug-likeness (QED) is 0.332. The van der Waals surface area contributed by atoms with Crippen LogP contribution in [0.2, 0.25) is 0 Å². The molecule has 0 fully saturated rings. The molecule has 0 N–H and O–H groups in total. The van der Waals surface area contributed by atoms with Gasteiger partial charge >= 0.3 is 0 Å². The predicted molar refractivity (Wildman–Crippen MR) is 120 cm³/mol. The Balaban J connectivity index is 1.83. The van der Waals surface area contributed by atoms with Crippen LogP contribution in [0.15, 0.2) is 53.7 Å². The molecule has 30 heavy (non-hydrogen) atoms. The van der Waals surface area contributed by atoms with Gasteiger partial charge in [0, 0.05) is 17.7 Å². The van der Waals surface area contributed by atoms with E-state index in [0.29, 0.717) is 5.56 Å².